The number of carbonyl (C=O) groups excluding carboxylic acids is 1. The van der Waals surface area contributed by atoms with Crippen molar-refractivity contribution in [3.05, 3.63) is 29.8 Å². The molecule has 1 amide bonds. The monoisotopic (exact) mass is 471 g/mol. The number of halogens is 6. The fourth-order valence-corrected chi connectivity index (χ4v) is 5.95. The van der Waals surface area contributed by atoms with E-state index in [9.17, 15) is 39.6 Å². The van der Waals surface area contributed by atoms with E-state index in [-0.39, 0.29) is 43.7 Å². The summed E-state index contributed by atoms with van der Waals surface area (Å²) in [6.07, 6.45) is -9.29. The van der Waals surface area contributed by atoms with Gasteiger partial charge in [0.2, 0.25) is 5.91 Å². The Morgan fingerprint density at radius 2 is 1.45 bits per heavy atom. The van der Waals surface area contributed by atoms with Crippen molar-refractivity contribution < 1.29 is 39.6 Å². The molecule has 1 heterocycles. The Kier molecular flexibility index (Phi) is 5.69. The molecule has 31 heavy (non-hydrogen) atoms. The van der Waals surface area contributed by atoms with E-state index in [0.717, 1.165) is 17.0 Å². The third kappa shape index (κ3) is 4.05. The van der Waals surface area contributed by atoms with E-state index >= 15 is 0 Å². The van der Waals surface area contributed by atoms with Crippen molar-refractivity contribution in [1.29, 1.82) is 0 Å². The van der Waals surface area contributed by atoms with Crippen molar-refractivity contribution in [2.45, 2.75) is 61.5 Å². The molecule has 0 aromatic heterocycles. The number of nitrogens with zero attached hydrogens (tertiary/aromatic N) is 1. The summed E-state index contributed by atoms with van der Waals surface area (Å²) in [5.41, 5.74) is -3.27. The maximum Gasteiger partial charge on any atom is 0.416 e. The van der Waals surface area contributed by atoms with Crippen LogP contribution in [0.25, 0.3) is 0 Å². The Bertz CT molecular complexity index is 939. The normalized spacial score (nSPS) is 20.6. The van der Waals surface area contributed by atoms with E-state index in [1.54, 1.807) is 0 Å². The Hall–Kier alpha value is -1.78. The minimum absolute atomic E-state index is 0.00723. The third-order valence-corrected chi connectivity index (χ3v) is 9.26. The first-order valence-corrected chi connectivity index (χ1v) is 11.3. The molecule has 0 atom stereocenters. The van der Waals surface area contributed by atoms with Crippen LogP contribution < -0.4 is 0 Å². The van der Waals surface area contributed by atoms with Crippen LogP contribution in [0.15, 0.2) is 29.2 Å². The van der Waals surface area contributed by atoms with E-state index in [1.165, 1.54) is 13.8 Å². The van der Waals surface area contributed by atoms with Gasteiger partial charge in [-0.3, -0.25) is 4.79 Å². The van der Waals surface area contributed by atoms with Gasteiger partial charge in [-0.1, -0.05) is 0 Å². The quantitative estimate of drug-likeness (QED) is 0.591. The van der Waals surface area contributed by atoms with Crippen molar-refractivity contribution in [3.8, 4) is 0 Å². The van der Waals surface area contributed by atoms with Crippen LogP contribution in [0.1, 0.15) is 45.1 Å². The maximum atomic E-state index is 13.2. The van der Waals surface area contributed by atoms with Gasteiger partial charge in [-0.2, -0.15) is 26.3 Å². The largest absolute Gasteiger partial charge is 0.416 e. The maximum absolute atomic E-state index is 13.2. The van der Waals surface area contributed by atoms with Crippen LogP contribution in [0.2, 0.25) is 0 Å². The van der Waals surface area contributed by atoms with Gasteiger partial charge in [0.15, 0.2) is 9.84 Å². The topological polar surface area (TPSA) is 54.5 Å². The number of rotatable bonds is 4. The van der Waals surface area contributed by atoms with Crippen LogP contribution in [0, 0.1) is 11.3 Å². The first kappa shape index (κ1) is 23.9. The van der Waals surface area contributed by atoms with Gasteiger partial charge in [-0.25, -0.2) is 8.42 Å². The second-order valence-corrected chi connectivity index (χ2v) is 11.3. The van der Waals surface area contributed by atoms with E-state index in [1.807, 2.05) is 0 Å². The summed E-state index contributed by atoms with van der Waals surface area (Å²) in [5.74, 6) is -1.42. The van der Waals surface area contributed by atoms with Crippen molar-refractivity contribution in [1.82, 2.24) is 4.90 Å². The highest BCUT2D eigenvalue weighted by Gasteiger charge is 2.69. The fourth-order valence-electron chi connectivity index (χ4n) is 4.17. The van der Waals surface area contributed by atoms with Gasteiger partial charge >= 0.3 is 12.4 Å². The number of benzene rings is 1. The SMILES string of the molecule is CC(C)(C1CCN(C(=O)C2(C(F)(F)F)CC2)CC1)S(=O)(=O)c1ccc(C(F)(F)F)cc1. The molecular weight excluding hydrogens is 448 g/mol. The summed E-state index contributed by atoms with van der Waals surface area (Å²) >= 11 is 0. The Morgan fingerprint density at radius 1 is 0.968 bits per heavy atom. The lowest BCUT2D eigenvalue weighted by Crippen LogP contribution is -2.51. The minimum Gasteiger partial charge on any atom is -0.342 e. The minimum atomic E-state index is -4.61. The van der Waals surface area contributed by atoms with Gasteiger partial charge in [-0.05, 0) is 69.7 Å². The number of alkyl halides is 6. The number of hydrogen-bond donors (Lipinski definition) is 0. The molecule has 0 radical (unpaired) electrons. The van der Waals surface area contributed by atoms with Gasteiger partial charge in [0.05, 0.1) is 15.2 Å². The van der Waals surface area contributed by atoms with E-state index in [2.05, 4.69) is 0 Å². The van der Waals surface area contributed by atoms with E-state index in [4.69, 9.17) is 0 Å². The number of piperidine rings is 1. The second kappa shape index (κ2) is 7.38. The molecule has 0 N–H and O–H groups in total. The predicted molar refractivity (Wildman–Crippen MR) is 99.7 cm³/mol. The highest BCUT2D eigenvalue weighted by atomic mass is 32.2. The van der Waals surface area contributed by atoms with Crippen LogP contribution in [0.4, 0.5) is 26.3 Å². The summed E-state index contributed by atoms with van der Waals surface area (Å²) in [6, 6.07) is 3.24. The highest BCUT2D eigenvalue weighted by molar-refractivity contribution is 7.92. The molecule has 1 aromatic rings. The molecule has 0 spiro atoms. The van der Waals surface area contributed by atoms with Gasteiger partial charge in [0.25, 0.3) is 0 Å². The van der Waals surface area contributed by atoms with Gasteiger partial charge in [0.1, 0.15) is 5.41 Å². The number of sulfone groups is 1. The van der Waals surface area contributed by atoms with Crippen molar-refractivity contribution in [3.63, 3.8) is 0 Å². The van der Waals surface area contributed by atoms with Crippen LogP contribution in [-0.2, 0) is 20.8 Å². The molecule has 11 heteroatoms. The van der Waals surface area contributed by atoms with Crippen LogP contribution in [-0.4, -0.2) is 43.2 Å². The van der Waals surface area contributed by atoms with Crippen molar-refractivity contribution in [2.75, 3.05) is 13.1 Å². The zero-order chi connectivity index (χ0) is 23.5. The summed E-state index contributed by atoms with van der Waals surface area (Å²) < 4.78 is 103. The highest BCUT2D eigenvalue weighted by Crippen LogP contribution is 2.59. The number of hydrogen-bond acceptors (Lipinski definition) is 3. The van der Waals surface area contributed by atoms with Crippen LogP contribution in [0.3, 0.4) is 0 Å². The Morgan fingerprint density at radius 3 is 1.84 bits per heavy atom. The summed E-state index contributed by atoms with van der Waals surface area (Å²) in [6.45, 7) is 2.93. The van der Waals surface area contributed by atoms with E-state index in [0.29, 0.717) is 12.1 Å². The first-order chi connectivity index (χ1) is 14.0. The van der Waals surface area contributed by atoms with Crippen molar-refractivity contribution >= 4 is 15.7 Å². The number of likely N-dealkylation sites (tertiary alicyclic amines) is 1. The summed E-state index contributed by atoms with van der Waals surface area (Å²) in [5, 5.41) is 0. The van der Waals surface area contributed by atoms with Gasteiger partial charge < -0.3 is 4.90 Å². The first-order valence-electron chi connectivity index (χ1n) is 9.82. The lowest BCUT2D eigenvalue weighted by Gasteiger charge is -2.41. The predicted octanol–water partition coefficient (Wildman–Crippen LogP) is 4.84. The molecule has 1 aliphatic carbocycles. The molecule has 3 rings (SSSR count). The second-order valence-electron chi connectivity index (χ2n) is 8.78. The average Bonchev–Trinajstić information content (AvgIpc) is 3.49. The number of amides is 1. The molecule has 4 nitrogen and oxygen atoms in total. The zero-order valence-corrected chi connectivity index (χ0v) is 17.8. The van der Waals surface area contributed by atoms with Crippen LogP contribution >= 0.6 is 0 Å². The molecular formula is C20H23F6NO3S. The molecule has 174 valence electrons. The molecule has 1 aliphatic heterocycles. The molecule has 1 aromatic carbocycles. The molecule has 0 bridgehead atoms. The number of carbonyl (C=O) groups is 1. The van der Waals surface area contributed by atoms with E-state index < -0.39 is 49.7 Å². The molecule has 1 saturated heterocycles. The summed E-state index contributed by atoms with van der Waals surface area (Å²) in [7, 11) is -4.03. The smallest absolute Gasteiger partial charge is 0.342 e. The Balaban J connectivity index is 1.73. The Labute approximate surface area is 176 Å². The molecule has 1 saturated carbocycles. The van der Waals surface area contributed by atoms with Gasteiger partial charge in [0, 0.05) is 13.1 Å². The zero-order valence-electron chi connectivity index (χ0n) is 17.0. The van der Waals surface area contributed by atoms with Crippen molar-refractivity contribution in [2.24, 2.45) is 11.3 Å². The molecule has 2 fully saturated rings. The molecule has 2 aliphatic rings. The average molecular weight is 471 g/mol. The van der Waals surface area contributed by atoms with Gasteiger partial charge in [-0.15, -0.1) is 0 Å². The third-order valence-electron chi connectivity index (χ3n) is 6.65. The lowest BCUT2D eigenvalue weighted by atomic mass is 9.85. The summed E-state index contributed by atoms with van der Waals surface area (Å²) in [4.78, 5) is 13.3. The standard InChI is InChI=1S/C20H23F6NO3S/c1-17(2,31(29,30)15-5-3-14(4-6-15)19(21,22)23)13-7-11-27(12-8-13)16(28)18(9-10-18)20(24,25)26/h3-6,13H,7-12H2,1-2H3. The lowest BCUT2D eigenvalue weighted by molar-refractivity contribution is -0.199. The molecule has 0 unspecified atom stereocenters. The fraction of sp³-hybridized carbons (Fsp3) is 0.650. The van der Waals surface area contributed by atoms with Crippen LogP contribution in [0.5, 0.6) is 0 Å².